The summed E-state index contributed by atoms with van der Waals surface area (Å²) in [4.78, 5) is 12.3. The minimum absolute atomic E-state index is 0.00265. The molecule has 20 heavy (non-hydrogen) atoms. The molecule has 0 aromatic heterocycles. The van der Waals surface area contributed by atoms with Crippen molar-refractivity contribution in [3.63, 3.8) is 0 Å². The zero-order valence-electron chi connectivity index (χ0n) is 12.8. The molecule has 0 bridgehead atoms. The maximum absolute atomic E-state index is 13.3. The number of carbonyl (C=O) groups is 1. The van der Waals surface area contributed by atoms with Crippen LogP contribution in [0.2, 0.25) is 0 Å². The molecule has 0 heterocycles. The summed E-state index contributed by atoms with van der Waals surface area (Å²) in [6.45, 7) is 9.89. The molecule has 0 atom stereocenters. The van der Waals surface area contributed by atoms with Crippen LogP contribution >= 0.6 is 0 Å². The highest BCUT2D eigenvalue weighted by Crippen LogP contribution is 2.52. The number of rotatable bonds is 2. The Morgan fingerprint density at radius 1 is 1.25 bits per heavy atom. The molecule has 1 aromatic carbocycles. The monoisotopic (exact) mass is 278 g/mol. The van der Waals surface area contributed by atoms with Crippen LogP contribution in [0.25, 0.3) is 0 Å². The molecule has 0 radical (unpaired) electrons. The fourth-order valence-electron chi connectivity index (χ4n) is 3.55. The van der Waals surface area contributed by atoms with E-state index in [9.17, 15) is 9.18 Å². The lowest BCUT2D eigenvalue weighted by atomic mass is 9.48. The number of nitrogens with two attached hydrogens (primary N) is 1. The van der Waals surface area contributed by atoms with Crippen molar-refractivity contribution >= 4 is 5.91 Å². The molecular formula is C16H23FN2O. The van der Waals surface area contributed by atoms with Gasteiger partial charge in [0.25, 0.3) is 5.91 Å². The van der Waals surface area contributed by atoms with E-state index >= 15 is 0 Å². The van der Waals surface area contributed by atoms with E-state index in [1.165, 1.54) is 12.1 Å². The lowest BCUT2D eigenvalue weighted by Crippen LogP contribution is -2.76. The number of halogens is 1. The van der Waals surface area contributed by atoms with Crippen LogP contribution in [-0.4, -0.2) is 18.0 Å². The van der Waals surface area contributed by atoms with Crippen LogP contribution in [0.3, 0.4) is 0 Å². The summed E-state index contributed by atoms with van der Waals surface area (Å²) < 4.78 is 13.3. The Labute approximate surface area is 119 Å². The fourth-order valence-corrected chi connectivity index (χ4v) is 3.55. The van der Waals surface area contributed by atoms with Gasteiger partial charge >= 0.3 is 0 Å². The Bertz CT molecular complexity index is 535. The minimum Gasteiger partial charge on any atom is -0.348 e. The van der Waals surface area contributed by atoms with E-state index in [1.807, 2.05) is 0 Å². The van der Waals surface area contributed by atoms with Crippen LogP contribution in [0.4, 0.5) is 4.39 Å². The topological polar surface area (TPSA) is 55.1 Å². The second kappa shape index (κ2) is 4.55. The standard InChI is InChI=1S/C16H23FN2O/c1-9-8-10(6-7-11(9)17)12(20)19-14-15(2,3)13(18)16(14,4)5/h6-8,13-14H,18H2,1-5H3,(H,19,20). The molecule has 1 aromatic rings. The van der Waals surface area contributed by atoms with Crippen molar-refractivity contribution in [1.82, 2.24) is 5.32 Å². The van der Waals surface area contributed by atoms with Gasteiger partial charge in [0.15, 0.2) is 0 Å². The van der Waals surface area contributed by atoms with Gasteiger partial charge in [0.2, 0.25) is 0 Å². The molecule has 3 N–H and O–H groups in total. The molecule has 3 nitrogen and oxygen atoms in total. The molecule has 0 saturated heterocycles. The SMILES string of the molecule is Cc1cc(C(=O)NC2C(C)(C)C(N)C2(C)C)ccc1F. The van der Waals surface area contributed by atoms with Crippen LogP contribution in [0.1, 0.15) is 43.6 Å². The predicted molar refractivity (Wildman–Crippen MR) is 77.9 cm³/mol. The maximum atomic E-state index is 13.3. The highest BCUT2D eigenvalue weighted by Gasteiger charge is 2.60. The van der Waals surface area contributed by atoms with Crippen LogP contribution in [0.5, 0.6) is 0 Å². The third kappa shape index (κ3) is 2.12. The molecule has 4 heteroatoms. The molecule has 0 unspecified atom stereocenters. The van der Waals surface area contributed by atoms with E-state index in [4.69, 9.17) is 5.73 Å². The number of hydrogen-bond acceptors (Lipinski definition) is 2. The quantitative estimate of drug-likeness (QED) is 0.873. The summed E-state index contributed by atoms with van der Waals surface area (Å²) in [5.74, 6) is -0.473. The van der Waals surface area contributed by atoms with Crippen molar-refractivity contribution in [2.24, 2.45) is 16.6 Å². The first kappa shape index (κ1) is 15.0. The van der Waals surface area contributed by atoms with Crippen LogP contribution in [0.15, 0.2) is 18.2 Å². The van der Waals surface area contributed by atoms with Gasteiger partial charge in [0, 0.05) is 28.5 Å². The molecule has 0 aliphatic heterocycles. The van der Waals surface area contributed by atoms with Gasteiger partial charge in [0.1, 0.15) is 5.82 Å². The van der Waals surface area contributed by atoms with Gasteiger partial charge in [-0.25, -0.2) is 4.39 Å². The molecule has 1 amide bonds. The molecule has 1 aliphatic carbocycles. The molecule has 1 aliphatic rings. The van der Waals surface area contributed by atoms with E-state index in [0.717, 1.165) is 0 Å². The first-order valence-electron chi connectivity index (χ1n) is 6.91. The van der Waals surface area contributed by atoms with Crippen LogP contribution in [0, 0.1) is 23.6 Å². The Kier molecular flexibility index (Phi) is 3.41. The molecule has 2 rings (SSSR count). The van der Waals surface area contributed by atoms with Crippen molar-refractivity contribution in [3.05, 3.63) is 35.1 Å². The number of benzene rings is 1. The first-order chi connectivity index (χ1) is 9.08. The Balaban J connectivity index is 2.18. The second-order valence-corrected chi connectivity index (χ2v) is 6.99. The van der Waals surface area contributed by atoms with Crippen LogP contribution in [-0.2, 0) is 0 Å². The Hall–Kier alpha value is -1.42. The first-order valence-corrected chi connectivity index (χ1v) is 6.91. The molecule has 0 spiro atoms. The normalized spacial score (nSPS) is 26.8. The third-order valence-electron chi connectivity index (χ3n) is 4.79. The van der Waals surface area contributed by atoms with Crippen molar-refractivity contribution < 1.29 is 9.18 Å². The Morgan fingerprint density at radius 2 is 1.80 bits per heavy atom. The maximum Gasteiger partial charge on any atom is 0.251 e. The molecule has 110 valence electrons. The van der Waals surface area contributed by atoms with E-state index in [-0.39, 0.29) is 34.6 Å². The molecule has 1 saturated carbocycles. The van der Waals surface area contributed by atoms with Gasteiger partial charge in [-0.2, -0.15) is 0 Å². The predicted octanol–water partition coefficient (Wildman–Crippen LogP) is 2.63. The van der Waals surface area contributed by atoms with Crippen molar-refractivity contribution in [2.45, 2.75) is 46.7 Å². The van der Waals surface area contributed by atoms with Gasteiger partial charge < -0.3 is 11.1 Å². The second-order valence-electron chi connectivity index (χ2n) is 6.99. The summed E-state index contributed by atoms with van der Waals surface area (Å²) in [5, 5.41) is 3.05. The molecular weight excluding hydrogens is 255 g/mol. The Morgan fingerprint density at radius 3 is 2.30 bits per heavy atom. The summed E-state index contributed by atoms with van der Waals surface area (Å²) in [7, 11) is 0. The van der Waals surface area contributed by atoms with Crippen molar-refractivity contribution in [2.75, 3.05) is 0 Å². The zero-order valence-corrected chi connectivity index (χ0v) is 12.8. The molecule has 1 fully saturated rings. The van der Waals surface area contributed by atoms with Gasteiger partial charge in [-0.1, -0.05) is 27.7 Å². The average molecular weight is 278 g/mol. The zero-order chi connectivity index (χ0) is 15.3. The summed E-state index contributed by atoms with van der Waals surface area (Å²) in [6.07, 6.45) is 0. The lowest BCUT2D eigenvalue weighted by molar-refractivity contribution is -0.0663. The van der Waals surface area contributed by atoms with Gasteiger partial charge in [-0.3, -0.25) is 4.79 Å². The lowest BCUT2D eigenvalue weighted by Gasteiger charge is -2.62. The van der Waals surface area contributed by atoms with Gasteiger partial charge in [-0.05, 0) is 30.7 Å². The highest BCUT2D eigenvalue weighted by atomic mass is 19.1. The van der Waals surface area contributed by atoms with Crippen LogP contribution < -0.4 is 11.1 Å². The largest absolute Gasteiger partial charge is 0.348 e. The van der Waals surface area contributed by atoms with E-state index < -0.39 is 0 Å². The van der Waals surface area contributed by atoms with E-state index in [1.54, 1.807) is 13.0 Å². The van der Waals surface area contributed by atoms with Gasteiger partial charge in [-0.15, -0.1) is 0 Å². The van der Waals surface area contributed by atoms with Crippen molar-refractivity contribution in [1.29, 1.82) is 0 Å². The smallest absolute Gasteiger partial charge is 0.251 e. The third-order valence-corrected chi connectivity index (χ3v) is 4.79. The fraction of sp³-hybridized carbons (Fsp3) is 0.562. The number of aryl methyl sites for hydroxylation is 1. The number of carbonyl (C=O) groups excluding carboxylic acids is 1. The average Bonchev–Trinajstić information content (AvgIpc) is 2.37. The summed E-state index contributed by atoms with van der Waals surface area (Å²) in [5.41, 5.74) is 6.85. The number of hydrogen-bond donors (Lipinski definition) is 2. The van der Waals surface area contributed by atoms with E-state index in [2.05, 4.69) is 33.0 Å². The summed E-state index contributed by atoms with van der Waals surface area (Å²) >= 11 is 0. The number of amides is 1. The van der Waals surface area contributed by atoms with E-state index in [0.29, 0.717) is 11.1 Å². The van der Waals surface area contributed by atoms with Gasteiger partial charge in [0.05, 0.1) is 0 Å². The minimum atomic E-state index is -0.298. The summed E-state index contributed by atoms with van der Waals surface area (Å²) in [6, 6.07) is 4.45. The number of nitrogens with one attached hydrogen (secondary N) is 1. The highest BCUT2D eigenvalue weighted by molar-refractivity contribution is 5.94. The van der Waals surface area contributed by atoms with Crippen molar-refractivity contribution in [3.8, 4) is 0 Å².